The lowest BCUT2D eigenvalue weighted by atomic mass is 9.74. The number of rotatable bonds is 1. The summed E-state index contributed by atoms with van der Waals surface area (Å²) in [6, 6.07) is 10.8. The van der Waals surface area contributed by atoms with Crippen molar-refractivity contribution in [2.75, 3.05) is 6.61 Å². The fraction of sp³-hybridized carbons (Fsp3) is 0.462. The Morgan fingerprint density at radius 2 is 2.38 bits per heavy atom. The van der Waals surface area contributed by atoms with Crippen LogP contribution in [0.25, 0.3) is 0 Å². The van der Waals surface area contributed by atoms with E-state index in [0.29, 0.717) is 6.61 Å². The monoisotopic (exact) mass is 327 g/mol. The molecule has 1 heterocycles. The zero-order valence-corrected chi connectivity index (χ0v) is 11.4. The third-order valence-electron chi connectivity index (χ3n) is 3.16. The van der Waals surface area contributed by atoms with Crippen molar-refractivity contribution in [1.82, 2.24) is 0 Å². The van der Waals surface area contributed by atoms with Gasteiger partial charge in [0.15, 0.2) is 0 Å². The van der Waals surface area contributed by atoms with E-state index in [1.165, 1.54) is 3.57 Å². The molecule has 1 aromatic rings. The summed E-state index contributed by atoms with van der Waals surface area (Å²) in [5.74, 6) is 0. The van der Waals surface area contributed by atoms with Gasteiger partial charge in [-0.3, -0.25) is 0 Å². The van der Waals surface area contributed by atoms with E-state index in [9.17, 15) is 5.26 Å². The summed E-state index contributed by atoms with van der Waals surface area (Å²) in [4.78, 5) is 0. The number of benzene rings is 1. The Balaban J connectivity index is 2.38. The van der Waals surface area contributed by atoms with Crippen molar-refractivity contribution in [1.29, 1.82) is 5.26 Å². The molecule has 84 valence electrons. The van der Waals surface area contributed by atoms with E-state index in [-0.39, 0.29) is 11.5 Å². The van der Waals surface area contributed by atoms with E-state index in [0.717, 1.165) is 18.4 Å². The quantitative estimate of drug-likeness (QED) is 0.742. The average molecular weight is 327 g/mol. The maximum atomic E-state index is 9.50. The number of halogens is 1. The third-order valence-corrected chi connectivity index (χ3v) is 3.83. The predicted molar refractivity (Wildman–Crippen MR) is 71.1 cm³/mol. The summed E-state index contributed by atoms with van der Waals surface area (Å²) in [5, 5.41) is 9.50. The minimum absolute atomic E-state index is 0.172. The number of nitriles is 1. The van der Waals surface area contributed by atoms with Crippen LogP contribution in [0.4, 0.5) is 0 Å². The van der Waals surface area contributed by atoms with Gasteiger partial charge in [0.25, 0.3) is 0 Å². The summed E-state index contributed by atoms with van der Waals surface area (Å²) in [7, 11) is 0. The molecule has 0 bridgehead atoms. The second-order valence-corrected chi connectivity index (χ2v) is 5.59. The van der Waals surface area contributed by atoms with Crippen LogP contribution in [0.2, 0.25) is 0 Å². The van der Waals surface area contributed by atoms with Gasteiger partial charge in [-0.05, 0) is 60.1 Å². The third kappa shape index (κ3) is 2.23. The standard InChI is InChI=1S/C13H14INO/c1-10-8-13(9-15,5-6-16-10)11-3-2-4-12(14)7-11/h2-4,7,10H,5-6,8H2,1H3. The summed E-state index contributed by atoms with van der Waals surface area (Å²) in [5.41, 5.74) is 0.788. The SMILES string of the molecule is CC1CC(C#N)(c2cccc(I)c2)CCO1. The molecule has 0 amide bonds. The first kappa shape index (κ1) is 11.9. The molecule has 2 unspecified atom stereocenters. The first-order valence-electron chi connectivity index (χ1n) is 5.45. The lowest BCUT2D eigenvalue weighted by molar-refractivity contribution is 0.00352. The average Bonchev–Trinajstić information content (AvgIpc) is 2.29. The van der Waals surface area contributed by atoms with Gasteiger partial charge >= 0.3 is 0 Å². The first-order valence-corrected chi connectivity index (χ1v) is 6.53. The van der Waals surface area contributed by atoms with Gasteiger partial charge in [0.2, 0.25) is 0 Å². The van der Waals surface area contributed by atoms with Crippen LogP contribution in [0, 0.1) is 14.9 Å². The Kier molecular flexibility index (Phi) is 3.50. The highest BCUT2D eigenvalue weighted by Gasteiger charge is 2.37. The van der Waals surface area contributed by atoms with Crippen LogP contribution >= 0.6 is 22.6 Å². The molecule has 16 heavy (non-hydrogen) atoms. The van der Waals surface area contributed by atoms with Crippen molar-refractivity contribution < 1.29 is 4.74 Å². The molecular weight excluding hydrogens is 313 g/mol. The van der Waals surface area contributed by atoms with Crippen molar-refractivity contribution >= 4 is 22.6 Å². The van der Waals surface area contributed by atoms with E-state index < -0.39 is 0 Å². The summed E-state index contributed by atoms with van der Waals surface area (Å²) in [6.07, 6.45) is 1.77. The molecule has 1 fully saturated rings. The van der Waals surface area contributed by atoms with E-state index in [1.807, 2.05) is 13.0 Å². The van der Waals surface area contributed by atoms with Gasteiger partial charge in [-0.15, -0.1) is 0 Å². The van der Waals surface area contributed by atoms with E-state index in [4.69, 9.17) is 4.74 Å². The van der Waals surface area contributed by atoms with Crippen LogP contribution < -0.4 is 0 Å². The van der Waals surface area contributed by atoms with E-state index >= 15 is 0 Å². The van der Waals surface area contributed by atoms with Crippen LogP contribution in [0.15, 0.2) is 24.3 Å². The van der Waals surface area contributed by atoms with Crippen molar-refractivity contribution in [3.8, 4) is 6.07 Å². The fourth-order valence-electron chi connectivity index (χ4n) is 2.30. The number of hydrogen-bond acceptors (Lipinski definition) is 2. The molecule has 1 aliphatic heterocycles. The Hall–Kier alpha value is -0.600. The summed E-state index contributed by atoms with van der Waals surface area (Å²) < 4.78 is 6.72. The van der Waals surface area contributed by atoms with Gasteiger partial charge in [0, 0.05) is 10.2 Å². The molecule has 0 spiro atoms. The van der Waals surface area contributed by atoms with Crippen molar-refractivity contribution in [2.45, 2.75) is 31.3 Å². The van der Waals surface area contributed by atoms with Gasteiger partial charge in [-0.25, -0.2) is 0 Å². The maximum absolute atomic E-state index is 9.50. The van der Waals surface area contributed by atoms with Crippen LogP contribution in [-0.2, 0) is 10.2 Å². The molecule has 3 heteroatoms. The van der Waals surface area contributed by atoms with Gasteiger partial charge in [0.05, 0.1) is 17.6 Å². The Labute approximate surface area is 110 Å². The first-order chi connectivity index (χ1) is 7.66. The Morgan fingerprint density at radius 3 is 3.00 bits per heavy atom. The largest absolute Gasteiger partial charge is 0.378 e. The lowest BCUT2D eigenvalue weighted by Crippen LogP contribution is -2.36. The highest BCUT2D eigenvalue weighted by molar-refractivity contribution is 14.1. The maximum Gasteiger partial charge on any atom is 0.0869 e. The van der Waals surface area contributed by atoms with Crippen LogP contribution in [0.3, 0.4) is 0 Å². The highest BCUT2D eigenvalue weighted by atomic mass is 127. The van der Waals surface area contributed by atoms with E-state index in [2.05, 4.69) is 46.9 Å². The van der Waals surface area contributed by atoms with Gasteiger partial charge < -0.3 is 4.74 Å². The number of ether oxygens (including phenoxy) is 1. The smallest absolute Gasteiger partial charge is 0.0869 e. The molecule has 2 rings (SSSR count). The van der Waals surface area contributed by atoms with Gasteiger partial charge in [-0.2, -0.15) is 5.26 Å². The topological polar surface area (TPSA) is 33.0 Å². The van der Waals surface area contributed by atoms with E-state index in [1.54, 1.807) is 0 Å². The Bertz CT molecular complexity index is 426. The molecule has 0 N–H and O–H groups in total. The molecule has 2 atom stereocenters. The second kappa shape index (κ2) is 4.72. The van der Waals surface area contributed by atoms with Crippen molar-refractivity contribution in [3.63, 3.8) is 0 Å². The van der Waals surface area contributed by atoms with Crippen molar-refractivity contribution in [3.05, 3.63) is 33.4 Å². The van der Waals surface area contributed by atoms with Crippen LogP contribution in [-0.4, -0.2) is 12.7 Å². The molecule has 0 saturated carbocycles. The minimum atomic E-state index is -0.348. The zero-order valence-electron chi connectivity index (χ0n) is 9.24. The van der Waals surface area contributed by atoms with Crippen LogP contribution in [0.1, 0.15) is 25.3 Å². The Morgan fingerprint density at radius 1 is 1.56 bits per heavy atom. The molecule has 0 aromatic heterocycles. The summed E-state index contributed by atoms with van der Waals surface area (Å²) >= 11 is 2.29. The van der Waals surface area contributed by atoms with Gasteiger partial charge in [0.1, 0.15) is 0 Å². The fourth-order valence-corrected chi connectivity index (χ4v) is 2.84. The van der Waals surface area contributed by atoms with Gasteiger partial charge in [-0.1, -0.05) is 12.1 Å². The zero-order chi connectivity index (χ0) is 11.6. The molecule has 2 nitrogen and oxygen atoms in total. The molecule has 0 aliphatic carbocycles. The molecule has 1 saturated heterocycles. The van der Waals surface area contributed by atoms with Crippen LogP contribution in [0.5, 0.6) is 0 Å². The normalized spacial score (nSPS) is 29.7. The molecular formula is C13H14INO. The lowest BCUT2D eigenvalue weighted by Gasteiger charge is -2.34. The predicted octanol–water partition coefficient (Wildman–Crippen LogP) is 3.25. The minimum Gasteiger partial charge on any atom is -0.378 e. The molecule has 1 aromatic carbocycles. The number of nitrogens with zero attached hydrogens (tertiary/aromatic N) is 1. The summed E-state index contributed by atoms with van der Waals surface area (Å²) in [6.45, 7) is 2.72. The van der Waals surface area contributed by atoms with Crippen molar-refractivity contribution in [2.24, 2.45) is 0 Å². The molecule has 0 radical (unpaired) electrons. The molecule has 1 aliphatic rings. The number of hydrogen-bond donors (Lipinski definition) is 0. The highest BCUT2D eigenvalue weighted by Crippen LogP contribution is 2.36. The second-order valence-electron chi connectivity index (χ2n) is 4.34.